The van der Waals surface area contributed by atoms with E-state index in [4.69, 9.17) is 0 Å². The van der Waals surface area contributed by atoms with Gasteiger partial charge in [0, 0.05) is 0 Å². The van der Waals surface area contributed by atoms with Crippen molar-refractivity contribution in [3.05, 3.63) is 35.9 Å². The predicted molar refractivity (Wildman–Crippen MR) is 88.9 cm³/mol. The zero-order chi connectivity index (χ0) is 15.9. The summed E-state index contributed by atoms with van der Waals surface area (Å²) in [7, 11) is -3.33. The zero-order valence-corrected chi connectivity index (χ0v) is 13.0. The van der Waals surface area contributed by atoms with E-state index in [-0.39, 0.29) is 12.3 Å². The van der Waals surface area contributed by atoms with Crippen molar-refractivity contribution < 1.29 is 19.3 Å². The van der Waals surface area contributed by atoms with Crippen LogP contribution in [0.15, 0.2) is 30.3 Å². The molecular formula is C15H20N2O4S. The Morgan fingerprint density at radius 3 is 2.64 bits per heavy atom. The highest BCUT2D eigenvalue weighted by Crippen LogP contribution is 2.50. The fraction of sp³-hybridized carbons (Fsp3) is 0.333. The topological polar surface area (TPSA) is 96.2 Å². The zero-order valence-electron chi connectivity index (χ0n) is 12.2. The lowest BCUT2D eigenvalue weighted by molar-refractivity contribution is 0.182. The smallest absolute Gasteiger partial charge is 0.142 e. The normalized spacial score (nSPS) is 22.2. The maximum atomic E-state index is 10.2. The summed E-state index contributed by atoms with van der Waals surface area (Å²) in [6.45, 7) is 2.11. The van der Waals surface area contributed by atoms with Crippen molar-refractivity contribution >= 4 is 27.4 Å². The first kappa shape index (κ1) is 15.4. The Morgan fingerprint density at radius 2 is 2.00 bits per heavy atom. The predicted octanol–water partition coefficient (Wildman–Crippen LogP) is 2.81. The number of aryl methyl sites for hydroxylation is 1. The summed E-state index contributed by atoms with van der Waals surface area (Å²) in [5.74, 6) is -0.0494. The molecule has 1 fully saturated rings. The number of phenolic OH excluding ortho intramolecular Hbond substituents is 1. The van der Waals surface area contributed by atoms with Crippen molar-refractivity contribution in [2.24, 2.45) is 0 Å². The van der Waals surface area contributed by atoms with Crippen molar-refractivity contribution in [3.8, 4) is 5.75 Å². The summed E-state index contributed by atoms with van der Waals surface area (Å²) in [5.41, 5.74) is 1.49. The molecule has 6 nitrogen and oxygen atoms in total. The van der Waals surface area contributed by atoms with E-state index in [1.54, 1.807) is 12.1 Å². The molecule has 120 valence electrons. The number of benzene rings is 2. The van der Waals surface area contributed by atoms with Crippen LogP contribution in [-0.4, -0.2) is 32.1 Å². The van der Waals surface area contributed by atoms with Crippen LogP contribution in [0.4, 0.5) is 5.69 Å². The van der Waals surface area contributed by atoms with Gasteiger partial charge >= 0.3 is 0 Å². The average molecular weight is 324 g/mol. The number of aliphatic hydroxyl groups excluding tert-OH is 1. The van der Waals surface area contributed by atoms with Gasteiger partial charge in [-0.3, -0.25) is 13.4 Å². The minimum Gasteiger partial charge on any atom is -0.506 e. The van der Waals surface area contributed by atoms with Gasteiger partial charge in [0.15, 0.2) is 0 Å². The first-order valence-corrected chi connectivity index (χ1v) is 8.68. The fourth-order valence-corrected chi connectivity index (χ4v) is 4.08. The van der Waals surface area contributed by atoms with Gasteiger partial charge in [-0.1, -0.05) is 42.5 Å². The third-order valence-electron chi connectivity index (χ3n) is 3.75. The Hall–Kier alpha value is -1.51. The number of anilines is 1. The van der Waals surface area contributed by atoms with Crippen LogP contribution in [0.2, 0.25) is 0 Å². The molecule has 22 heavy (non-hydrogen) atoms. The number of rotatable bonds is 3. The molecule has 1 saturated heterocycles. The maximum Gasteiger partial charge on any atom is 0.142 e. The summed E-state index contributed by atoms with van der Waals surface area (Å²) < 4.78 is 23.5. The van der Waals surface area contributed by atoms with E-state index >= 15 is 0 Å². The van der Waals surface area contributed by atoms with Gasteiger partial charge in [0.05, 0.1) is 6.54 Å². The van der Waals surface area contributed by atoms with E-state index < -0.39 is 17.2 Å². The van der Waals surface area contributed by atoms with Gasteiger partial charge in [-0.05, 0) is 34.9 Å². The molecule has 1 aliphatic rings. The van der Waals surface area contributed by atoms with E-state index in [2.05, 4.69) is 11.6 Å². The Labute approximate surface area is 130 Å². The van der Waals surface area contributed by atoms with Gasteiger partial charge in [-0.2, -0.15) is 4.72 Å². The van der Waals surface area contributed by atoms with Crippen molar-refractivity contribution in [1.29, 1.82) is 0 Å². The van der Waals surface area contributed by atoms with Gasteiger partial charge in [-0.25, -0.2) is 0 Å². The van der Waals surface area contributed by atoms with Crippen LogP contribution in [0.5, 0.6) is 5.75 Å². The Morgan fingerprint density at radius 1 is 1.23 bits per heavy atom. The molecule has 1 heterocycles. The number of fused-ring (bicyclic) bond motifs is 1. The van der Waals surface area contributed by atoms with Crippen molar-refractivity contribution in [3.63, 3.8) is 0 Å². The average Bonchev–Trinajstić information content (AvgIpc) is 2.71. The quantitative estimate of drug-likeness (QED) is 0.596. The van der Waals surface area contributed by atoms with E-state index in [1.807, 2.05) is 18.2 Å². The molecule has 7 heteroatoms. The molecule has 0 radical (unpaired) electrons. The molecule has 2 aromatic carbocycles. The molecule has 0 saturated carbocycles. The molecule has 0 aliphatic carbocycles. The number of hydrogen-bond donors (Lipinski definition) is 5. The van der Waals surface area contributed by atoms with E-state index in [0.29, 0.717) is 5.69 Å². The standard InChI is InChI=1S/C15H20N2O4S/c1-2-3-10-4-5-11-8-14(18)13(7-12(11)6-10)17-9-15(19)16-22(17,20)21/h4-8,15-16,18-21H,2-3,9H2,1H3. The number of β-amino-alcohol motifs (C(OH)–C–C–N with tert-alkyl or cyclic N) is 1. The molecule has 0 spiro atoms. The highest BCUT2D eigenvalue weighted by atomic mass is 32.3. The van der Waals surface area contributed by atoms with Crippen LogP contribution < -0.4 is 9.03 Å². The maximum absolute atomic E-state index is 10.2. The van der Waals surface area contributed by atoms with Gasteiger partial charge in [0.25, 0.3) is 0 Å². The Bertz CT molecular complexity index is 707. The van der Waals surface area contributed by atoms with Crippen LogP contribution in [0.25, 0.3) is 10.8 Å². The minimum atomic E-state index is -3.33. The third kappa shape index (κ3) is 2.73. The van der Waals surface area contributed by atoms with E-state index in [0.717, 1.165) is 23.6 Å². The molecule has 0 bridgehead atoms. The van der Waals surface area contributed by atoms with Gasteiger partial charge in [-0.15, -0.1) is 0 Å². The van der Waals surface area contributed by atoms with Crippen LogP contribution >= 0.6 is 11.0 Å². The molecular weight excluding hydrogens is 304 g/mol. The largest absolute Gasteiger partial charge is 0.506 e. The van der Waals surface area contributed by atoms with Crippen LogP contribution in [0.1, 0.15) is 18.9 Å². The highest BCUT2D eigenvalue weighted by Gasteiger charge is 2.36. The highest BCUT2D eigenvalue weighted by molar-refractivity contribution is 8.24. The van der Waals surface area contributed by atoms with E-state index in [9.17, 15) is 19.3 Å². The van der Waals surface area contributed by atoms with E-state index in [1.165, 1.54) is 9.87 Å². The van der Waals surface area contributed by atoms with Crippen molar-refractivity contribution in [2.75, 3.05) is 10.8 Å². The van der Waals surface area contributed by atoms with Crippen molar-refractivity contribution in [2.45, 2.75) is 26.0 Å². The molecule has 1 atom stereocenters. The van der Waals surface area contributed by atoms with Crippen LogP contribution in [-0.2, 0) is 6.42 Å². The number of aliphatic hydroxyl groups is 1. The second-order valence-electron chi connectivity index (χ2n) is 5.49. The second-order valence-corrected chi connectivity index (χ2v) is 7.20. The summed E-state index contributed by atoms with van der Waals surface area (Å²) in [5, 5.41) is 21.6. The number of aromatic hydroxyl groups is 1. The van der Waals surface area contributed by atoms with Crippen LogP contribution in [0, 0.1) is 0 Å². The monoisotopic (exact) mass is 324 g/mol. The molecule has 1 unspecified atom stereocenters. The van der Waals surface area contributed by atoms with Gasteiger partial charge < -0.3 is 10.2 Å². The number of nitrogens with one attached hydrogen (secondary N) is 1. The first-order valence-electron chi connectivity index (χ1n) is 7.17. The summed E-state index contributed by atoms with van der Waals surface area (Å²) in [6.07, 6.45) is 0.955. The first-order chi connectivity index (χ1) is 10.4. The number of phenols is 1. The molecule has 1 aliphatic heterocycles. The SMILES string of the molecule is CCCc1ccc2cc(O)c(N3CC(O)NS3(O)O)cc2c1. The number of nitrogens with zero attached hydrogens (tertiary/aromatic N) is 1. The molecule has 3 rings (SSSR count). The fourth-order valence-electron chi connectivity index (χ4n) is 2.75. The minimum absolute atomic E-state index is 0.00392. The number of hydrogen-bond acceptors (Lipinski definition) is 6. The second kappa shape index (κ2) is 5.60. The molecule has 5 N–H and O–H groups in total. The van der Waals surface area contributed by atoms with Crippen molar-refractivity contribution in [1.82, 2.24) is 4.72 Å². The lowest BCUT2D eigenvalue weighted by Gasteiger charge is -2.37. The summed E-state index contributed by atoms with van der Waals surface area (Å²) in [4.78, 5) is 0. The Balaban J connectivity index is 2.07. The summed E-state index contributed by atoms with van der Waals surface area (Å²) in [6, 6.07) is 9.32. The molecule has 2 aromatic rings. The van der Waals surface area contributed by atoms with Gasteiger partial charge in [0.2, 0.25) is 0 Å². The lowest BCUT2D eigenvalue weighted by Crippen LogP contribution is -2.25. The van der Waals surface area contributed by atoms with Gasteiger partial charge in [0.1, 0.15) is 17.7 Å². The lowest BCUT2D eigenvalue weighted by atomic mass is 10.0. The summed E-state index contributed by atoms with van der Waals surface area (Å²) >= 11 is 0. The third-order valence-corrected chi connectivity index (χ3v) is 5.29. The van der Waals surface area contributed by atoms with Crippen LogP contribution in [0.3, 0.4) is 0 Å². The molecule has 0 amide bonds. The molecule has 0 aromatic heterocycles. The Kier molecular flexibility index (Phi) is 3.92.